The molecule has 4 rings (SSSR count). The van der Waals surface area contributed by atoms with Crippen molar-refractivity contribution < 1.29 is 32.0 Å². The van der Waals surface area contributed by atoms with Crippen molar-refractivity contribution in [1.82, 2.24) is 4.90 Å². The van der Waals surface area contributed by atoms with Crippen molar-refractivity contribution in [2.75, 3.05) is 11.9 Å². The van der Waals surface area contributed by atoms with Crippen LogP contribution in [0.5, 0.6) is 0 Å². The van der Waals surface area contributed by atoms with E-state index in [1.165, 1.54) is 30.3 Å². The van der Waals surface area contributed by atoms with Crippen LogP contribution in [0.3, 0.4) is 0 Å². The monoisotopic (exact) mass is 506 g/mol. The van der Waals surface area contributed by atoms with Gasteiger partial charge in [0.2, 0.25) is 5.91 Å². The number of anilines is 1. The van der Waals surface area contributed by atoms with E-state index in [1.54, 1.807) is 24.3 Å². The van der Waals surface area contributed by atoms with Crippen LogP contribution in [0.4, 0.5) is 23.7 Å². The molecule has 1 saturated heterocycles. The van der Waals surface area contributed by atoms with Gasteiger partial charge in [-0.1, -0.05) is 35.9 Å². The Morgan fingerprint density at radius 3 is 2.59 bits per heavy atom. The lowest BCUT2D eigenvalue weighted by atomic mass is 10.1. The fraction of sp³-hybridized carbons (Fsp3) is 0.0870. The van der Waals surface area contributed by atoms with Crippen LogP contribution < -0.4 is 5.32 Å². The highest BCUT2D eigenvalue weighted by Crippen LogP contribution is 2.35. The molecular formula is C23H14ClF3N2O4S. The number of hydrogen-bond donors (Lipinski definition) is 1. The van der Waals surface area contributed by atoms with Gasteiger partial charge in [0.1, 0.15) is 18.1 Å². The quantitative estimate of drug-likeness (QED) is 0.411. The molecule has 0 aliphatic carbocycles. The molecule has 1 aliphatic heterocycles. The Hall–Kier alpha value is -3.50. The van der Waals surface area contributed by atoms with Crippen LogP contribution in [0, 0.1) is 0 Å². The first-order valence-electron chi connectivity index (χ1n) is 9.69. The number of carbonyl (C=O) groups is 3. The molecule has 2 aromatic carbocycles. The van der Waals surface area contributed by atoms with Crippen molar-refractivity contribution >= 4 is 52.2 Å². The van der Waals surface area contributed by atoms with Crippen molar-refractivity contribution in [1.29, 1.82) is 0 Å². The van der Waals surface area contributed by atoms with E-state index in [0.717, 1.165) is 17.0 Å². The van der Waals surface area contributed by atoms with Crippen LogP contribution in [-0.4, -0.2) is 28.5 Å². The van der Waals surface area contributed by atoms with Gasteiger partial charge in [0, 0.05) is 11.6 Å². The van der Waals surface area contributed by atoms with Gasteiger partial charge in [0.15, 0.2) is 0 Å². The van der Waals surface area contributed by atoms with Crippen LogP contribution in [0.1, 0.15) is 11.3 Å². The number of hydrogen-bond acceptors (Lipinski definition) is 5. The van der Waals surface area contributed by atoms with Gasteiger partial charge in [-0.15, -0.1) is 0 Å². The van der Waals surface area contributed by atoms with Crippen LogP contribution in [0.25, 0.3) is 17.4 Å². The Morgan fingerprint density at radius 2 is 1.85 bits per heavy atom. The molecule has 1 aliphatic rings. The minimum atomic E-state index is -4.50. The molecule has 6 nitrogen and oxygen atoms in total. The third-order valence-electron chi connectivity index (χ3n) is 4.70. The normalized spacial score (nSPS) is 15.3. The molecule has 1 aromatic heterocycles. The summed E-state index contributed by atoms with van der Waals surface area (Å²) in [5.74, 6) is -0.975. The van der Waals surface area contributed by atoms with Crippen LogP contribution in [-0.2, 0) is 15.8 Å². The first-order valence-corrected chi connectivity index (χ1v) is 10.9. The summed E-state index contributed by atoms with van der Waals surface area (Å²) in [5.41, 5.74) is -0.271. The Kier molecular flexibility index (Phi) is 6.54. The third-order valence-corrected chi connectivity index (χ3v) is 5.93. The van der Waals surface area contributed by atoms with E-state index in [9.17, 15) is 27.6 Å². The largest absolute Gasteiger partial charge is 0.457 e. The van der Waals surface area contributed by atoms with Gasteiger partial charge >= 0.3 is 6.18 Å². The Balaban J connectivity index is 1.47. The van der Waals surface area contributed by atoms with Crippen LogP contribution >= 0.6 is 23.4 Å². The molecule has 1 N–H and O–H groups in total. The summed E-state index contributed by atoms with van der Waals surface area (Å²) in [4.78, 5) is 38.0. The number of carbonyl (C=O) groups excluding carboxylic acids is 3. The molecular weight excluding hydrogens is 493 g/mol. The van der Waals surface area contributed by atoms with Crippen LogP contribution in [0.2, 0.25) is 5.02 Å². The Bertz CT molecular complexity index is 1320. The lowest BCUT2D eigenvalue weighted by molar-refractivity contribution is -0.137. The number of nitrogens with one attached hydrogen (secondary N) is 1. The number of para-hydroxylation sites is 1. The van der Waals surface area contributed by atoms with Gasteiger partial charge in [-0.25, -0.2) is 0 Å². The molecule has 3 aromatic rings. The molecule has 0 unspecified atom stereocenters. The molecule has 1 fully saturated rings. The molecule has 0 radical (unpaired) electrons. The lowest BCUT2D eigenvalue weighted by Gasteiger charge is -2.13. The average Bonchev–Trinajstić information content (AvgIpc) is 3.35. The number of halogens is 4. The zero-order chi connectivity index (χ0) is 24.5. The second-order valence-corrected chi connectivity index (χ2v) is 8.48. The molecule has 174 valence electrons. The summed E-state index contributed by atoms with van der Waals surface area (Å²) in [6.07, 6.45) is -3.20. The van der Waals surface area contributed by atoms with E-state index < -0.39 is 35.3 Å². The van der Waals surface area contributed by atoms with E-state index in [4.69, 9.17) is 16.0 Å². The maximum absolute atomic E-state index is 13.0. The van der Waals surface area contributed by atoms with Crippen molar-refractivity contribution in [3.63, 3.8) is 0 Å². The molecule has 0 bridgehead atoms. The molecule has 0 spiro atoms. The average molecular weight is 507 g/mol. The second-order valence-electron chi connectivity index (χ2n) is 7.08. The summed E-state index contributed by atoms with van der Waals surface area (Å²) in [5, 5.41) is 2.20. The minimum Gasteiger partial charge on any atom is -0.457 e. The number of imide groups is 1. The van der Waals surface area contributed by atoms with Gasteiger partial charge in [0.25, 0.3) is 11.1 Å². The highest BCUT2D eigenvalue weighted by atomic mass is 35.5. The summed E-state index contributed by atoms with van der Waals surface area (Å²) >= 11 is 6.61. The summed E-state index contributed by atoms with van der Waals surface area (Å²) < 4.78 is 44.4. The zero-order valence-corrected chi connectivity index (χ0v) is 18.6. The lowest BCUT2D eigenvalue weighted by Crippen LogP contribution is -2.36. The molecule has 3 amide bonds. The number of thioether (sulfide) groups is 1. The first-order chi connectivity index (χ1) is 16.1. The molecule has 2 heterocycles. The smallest absolute Gasteiger partial charge is 0.416 e. The van der Waals surface area contributed by atoms with Crippen molar-refractivity contribution in [3.05, 3.63) is 81.9 Å². The molecule has 11 heteroatoms. The highest BCUT2D eigenvalue weighted by molar-refractivity contribution is 8.18. The van der Waals surface area contributed by atoms with E-state index in [2.05, 4.69) is 5.32 Å². The standard InChI is InChI=1S/C23H14ClF3N2O4S/c24-16-6-1-2-7-17(16)28-20(30)12-29-21(31)19(34-22(29)32)11-15-8-9-18(33-15)13-4-3-5-14(10-13)23(25,26)27/h1-11H,12H2,(H,28,30)/b19-11+. The number of rotatable bonds is 5. The van der Waals surface area contributed by atoms with E-state index in [0.29, 0.717) is 22.5 Å². The van der Waals surface area contributed by atoms with Crippen LogP contribution in [0.15, 0.2) is 70.0 Å². The Labute approximate surface area is 200 Å². The minimum absolute atomic E-state index is 0.0143. The van der Waals surface area contributed by atoms with Crippen molar-refractivity contribution in [2.24, 2.45) is 0 Å². The summed E-state index contributed by atoms with van der Waals surface area (Å²) in [6, 6.07) is 14.1. The first kappa shape index (κ1) is 23.7. The molecule has 0 saturated carbocycles. The second kappa shape index (κ2) is 9.40. The predicted octanol–water partition coefficient (Wildman–Crippen LogP) is 6.29. The zero-order valence-electron chi connectivity index (χ0n) is 17.1. The number of nitrogens with zero attached hydrogens (tertiary/aromatic N) is 1. The predicted molar refractivity (Wildman–Crippen MR) is 122 cm³/mol. The fourth-order valence-corrected chi connectivity index (χ4v) is 4.10. The summed E-state index contributed by atoms with van der Waals surface area (Å²) in [7, 11) is 0. The number of furan rings is 1. The maximum Gasteiger partial charge on any atom is 0.416 e. The number of amides is 3. The Morgan fingerprint density at radius 1 is 1.09 bits per heavy atom. The van der Waals surface area contributed by atoms with Gasteiger partial charge in [-0.2, -0.15) is 13.2 Å². The maximum atomic E-state index is 13.0. The SMILES string of the molecule is O=C(CN1C(=O)S/C(=C/c2ccc(-c3cccc(C(F)(F)F)c3)o2)C1=O)Nc1ccccc1Cl. The van der Waals surface area contributed by atoms with Gasteiger partial charge < -0.3 is 9.73 Å². The van der Waals surface area contributed by atoms with Gasteiger partial charge in [0.05, 0.1) is 21.2 Å². The van der Waals surface area contributed by atoms with E-state index in [-0.39, 0.29) is 22.0 Å². The molecule has 34 heavy (non-hydrogen) atoms. The highest BCUT2D eigenvalue weighted by Gasteiger charge is 2.36. The third kappa shape index (κ3) is 5.18. The van der Waals surface area contributed by atoms with Gasteiger partial charge in [-0.05, 0) is 48.2 Å². The van der Waals surface area contributed by atoms with Crippen molar-refractivity contribution in [3.8, 4) is 11.3 Å². The summed E-state index contributed by atoms with van der Waals surface area (Å²) in [6.45, 7) is -0.513. The number of alkyl halides is 3. The molecule has 0 atom stereocenters. The van der Waals surface area contributed by atoms with E-state index in [1.807, 2.05) is 0 Å². The fourth-order valence-electron chi connectivity index (χ4n) is 3.10. The number of benzene rings is 2. The van der Waals surface area contributed by atoms with E-state index >= 15 is 0 Å². The topological polar surface area (TPSA) is 79.6 Å². The van der Waals surface area contributed by atoms with Crippen molar-refractivity contribution in [2.45, 2.75) is 6.18 Å². The van der Waals surface area contributed by atoms with Gasteiger partial charge in [-0.3, -0.25) is 19.3 Å².